The predicted octanol–water partition coefficient (Wildman–Crippen LogP) is 3.16. The largest absolute Gasteiger partial charge is 0.573 e. The van der Waals surface area contributed by atoms with Crippen LogP contribution in [0, 0.1) is 0 Å². The molecule has 4 N–H and O–H groups in total. The molecule has 166 valence electrons. The highest BCUT2D eigenvalue weighted by Gasteiger charge is 2.31. The van der Waals surface area contributed by atoms with Crippen molar-refractivity contribution in [3.63, 3.8) is 0 Å². The van der Waals surface area contributed by atoms with E-state index in [4.69, 9.17) is 5.73 Å². The number of alkyl halides is 3. The van der Waals surface area contributed by atoms with Crippen molar-refractivity contribution in [3.05, 3.63) is 47.7 Å². The SMILES string of the molecule is NC1NN=C(CCCCc2ccc(NC(=O)Cc3cccc(OC(F)(F)F)c3)nn2)S1. The van der Waals surface area contributed by atoms with Gasteiger partial charge in [-0.25, -0.2) is 0 Å². The normalized spacial score (nSPS) is 15.9. The van der Waals surface area contributed by atoms with E-state index >= 15 is 0 Å². The quantitative estimate of drug-likeness (QED) is 0.499. The third-order valence-electron chi connectivity index (χ3n) is 4.14. The van der Waals surface area contributed by atoms with Gasteiger partial charge in [-0.05, 0) is 55.5 Å². The number of unbranched alkanes of at least 4 members (excludes halogenated alkanes) is 1. The summed E-state index contributed by atoms with van der Waals surface area (Å²) in [7, 11) is 0. The topological polar surface area (TPSA) is 115 Å². The van der Waals surface area contributed by atoms with E-state index in [0.29, 0.717) is 5.56 Å². The lowest BCUT2D eigenvalue weighted by molar-refractivity contribution is -0.274. The number of hydrazone groups is 1. The van der Waals surface area contributed by atoms with Crippen molar-refractivity contribution in [3.8, 4) is 5.75 Å². The molecule has 1 aromatic carbocycles. The Balaban J connectivity index is 1.42. The second-order valence-electron chi connectivity index (χ2n) is 6.71. The lowest BCUT2D eigenvalue weighted by Crippen LogP contribution is -2.25. The minimum Gasteiger partial charge on any atom is -0.406 e. The number of aromatic nitrogens is 2. The smallest absolute Gasteiger partial charge is 0.406 e. The lowest BCUT2D eigenvalue weighted by atomic mass is 10.1. The number of halogens is 3. The Kier molecular flexibility index (Phi) is 7.69. The minimum absolute atomic E-state index is 0.126. The van der Waals surface area contributed by atoms with Gasteiger partial charge < -0.3 is 15.8 Å². The minimum atomic E-state index is -4.79. The van der Waals surface area contributed by atoms with Gasteiger partial charge in [0.2, 0.25) is 5.91 Å². The first-order valence-corrected chi connectivity index (χ1v) is 10.4. The van der Waals surface area contributed by atoms with Crippen LogP contribution < -0.4 is 21.2 Å². The van der Waals surface area contributed by atoms with Gasteiger partial charge in [-0.1, -0.05) is 23.9 Å². The number of amides is 1. The Morgan fingerprint density at radius 2 is 2.00 bits per heavy atom. The number of benzene rings is 1. The van der Waals surface area contributed by atoms with Crippen molar-refractivity contribution in [2.24, 2.45) is 10.8 Å². The molecule has 12 heteroatoms. The van der Waals surface area contributed by atoms with Crippen molar-refractivity contribution in [1.82, 2.24) is 15.6 Å². The highest BCUT2D eigenvalue weighted by atomic mass is 32.2. The molecule has 0 fully saturated rings. The van der Waals surface area contributed by atoms with E-state index in [1.807, 2.05) is 0 Å². The van der Waals surface area contributed by atoms with E-state index in [0.717, 1.165) is 36.4 Å². The maximum absolute atomic E-state index is 12.3. The zero-order valence-corrected chi connectivity index (χ0v) is 17.2. The van der Waals surface area contributed by atoms with Crippen LogP contribution in [0.1, 0.15) is 30.5 Å². The second-order valence-corrected chi connectivity index (χ2v) is 7.93. The number of carbonyl (C=O) groups excluding carboxylic acids is 1. The van der Waals surface area contributed by atoms with E-state index in [2.05, 4.69) is 30.8 Å². The summed E-state index contributed by atoms with van der Waals surface area (Å²) in [4.78, 5) is 12.2. The molecule has 2 aromatic rings. The van der Waals surface area contributed by atoms with Crippen LogP contribution in [0.15, 0.2) is 41.5 Å². The summed E-state index contributed by atoms with van der Waals surface area (Å²) in [5.74, 6) is -0.527. The fourth-order valence-electron chi connectivity index (χ4n) is 2.82. The molecule has 0 radical (unpaired) electrons. The summed E-state index contributed by atoms with van der Waals surface area (Å²) in [5, 5.41) is 15.8. The molecule has 31 heavy (non-hydrogen) atoms. The average Bonchev–Trinajstić information content (AvgIpc) is 3.10. The molecule has 1 unspecified atom stereocenters. The van der Waals surface area contributed by atoms with Gasteiger partial charge in [0.1, 0.15) is 11.2 Å². The number of carbonyl (C=O) groups is 1. The third kappa shape index (κ3) is 8.06. The highest BCUT2D eigenvalue weighted by Crippen LogP contribution is 2.23. The van der Waals surface area contributed by atoms with Gasteiger partial charge in [0, 0.05) is 0 Å². The molecule has 1 aliphatic rings. The monoisotopic (exact) mass is 454 g/mol. The van der Waals surface area contributed by atoms with Crippen LogP contribution in [0.5, 0.6) is 5.75 Å². The molecule has 0 aliphatic carbocycles. The van der Waals surface area contributed by atoms with E-state index in [-0.39, 0.29) is 23.5 Å². The highest BCUT2D eigenvalue weighted by molar-refractivity contribution is 8.14. The molecule has 1 aliphatic heterocycles. The van der Waals surface area contributed by atoms with Crippen molar-refractivity contribution in [2.75, 3.05) is 5.32 Å². The van der Waals surface area contributed by atoms with Gasteiger partial charge >= 0.3 is 6.36 Å². The van der Waals surface area contributed by atoms with Crippen molar-refractivity contribution in [1.29, 1.82) is 0 Å². The van der Waals surface area contributed by atoms with Crippen LogP contribution in [0.2, 0.25) is 0 Å². The lowest BCUT2D eigenvalue weighted by Gasteiger charge is -2.10. The van der Waals surface area contributed by atoms with Crippen molar-refractivity contribution in [2.45, 2.75) is 44.0 Å². The zero-order chi connectivity index (χ0) is 22.3. The molecule has 1 amide bonds. The molecular weight excluding hydrogens is 433 g/mol. The Labute approximate surface area is 180 Å². The number of rotatable bonds is 9. The molecular formula is C19H21F3N6O2S. The molecule has 0 saturated heterocycles. The van der Waals surface area contributed by atoms with E-state index in [9.17, 15) is 18.0 Å². The maximum atomic E-state index is 12.3. The van der Waals surface area contributed by atoms with Gasteiger partial charge in [0.05, 0.1) is 17.2 Å². The summed E-state index contributed by atoms with van der Waals surface area (Å²) in [6, 6.07) is 8.69. The number of hydrogen-bond acceptors (Lipinski definition) is 8. The standard InChI is InChI=1S/C19H21F3N6O2S/c20-19(21,22)30-14-6-3-4-12(10-14)11-16(29)24-15-9-8-13(25-26-15)5-1-2-7-17-27-28-18(23)31-17/h3-4,6,8-10,18,28H,1-2,5,7,11,23H2,(H,24,26,29). The fourth-order valence-corrected chi connectivity index (χ4v) is 3.58. The van der Waals surface area contributed by atoms with Gasteiger partial charge in [-0.3, -0.25) is 10.2 Å². The number of nitrogens with one attached hydrogen (secondary N) is 2. The molecule has 0 spiro atoms. The first kappa shape index (κ1) is 22.8. The van der Waals surface area contributed by atoms with Gasteiger partial charge in [0.15, 0.2) is 5.82 Å². The number of nitrogens with two attached hydrogens (primary N) is 1. The molecule has 8 nitrogen and oxygen atoms in total. The Bertz CT molecular complexity index is 924. The van der Waals surface area contributed by atoms with Gasteiger partial charge in [-0.2, -0.15) is 10.2 Å². The van der Waals surface area contributed by atoms with Crippen LogP contribution in [0.3, 0.4) is 0 Å². The van der Waals surface area contributed by atoms with E-state index < -0.39 is 12.3 Å². The van der Waals surface area contributed by atoms with E-state index in [1.54, 1.807) is 12.1 Å². The van der Waals surface area contributed by atoms with Crippen LogP contribution in [0.4, 0.5) is 19.0 Å². The molecule has 1 aromatic heterocycles. The van der Waals surface area contributed by atoms with Gasteiger partial charge in [0.25, 0.3) is 0 Å². The van der Waals surface area contributed by atoms with Crippen LogP contribution in [0.25, 0.3) is 0 Å². The summed E-state index contributed by atoms with van der Waals surface area (Å²) in [6.45, 7) is 0. The first-order chi connectivity index (χ1) is 14.8. The molecule has 0 saturated carbocycles. The first-order valence-electron chi connectivity index (χ1n) is 9.48. The molecule has 1 atom stereocenters. The number of ether oxygens (including phenoxy) is 1. The number of thioether (sulfide) groups is 1. The van der Waals surface area contributed by atoms with Crippen LogP contribution >= 0.6 is 11.8 Å². The summed E-state index contributed by atoms with van der Waals surface area (Å²) in [5.41, 5.74) is 9.49. The number of hydrogen-bond donors (Lipinski definition) is 3. The summed E-state index contributed by atoms with van der Waals surface area (Å²) in [6.07, 6.45) is -1.47. The van der Waals surface area contributed by atoms with E-state index in [1.165, 1.54) is 36.0 Å². The average molecular weight is 454 g/mol. The predicted molar refractivity (Wildman–Crippen MR) is 111 cm³/mol. The second kappa shape index (κ2) is 10.4. The third-order valence-corrected chi connectivity index (χ3v) is 5.06. The number of nitrogens with zero attached hydrogens (tertiary/aromatic N) is 3. The fraction of sp³-hybridized carbons (Fsp3) is 0.368. The van der Waals surface area contributed by atoms with Crippen LogP contribution in [-0.2, 0) is 17.6 Å². The molecule has 2 heterocycles. The van der Waals surface area contributed by atoms with Gasteiger partial charge in [-0.15, -0.1) is 18.3 Å². The number of anilines is 1. The Morgan fingerprint density at radius 1 is 1.19 bits per heavy atom. The maximum Gasteiger partial charge on any atom is 0.573 e. The van der Waals surface area contributed by atoms with Crippen molar-refractivity contribution < 1.29 is 22.7 Å². The number of aryl methyl sites for hydroxylation is 1. The Morgan fingerprint density at radius 3 is 2.68 bits per heavy atom. The zero-order valence-electron chi connectivity index (χ0n) is 16.4. The molecule has 0 bridgehead atoms. The molecule has 3 rings (SSSR count). The van der Waals surface area contributed by atoms with Crippen molar-refractivity contribution >= 4 is 28.5 Å². The summed E-state index contributed by atoms with van der Waals surface area (Å²) >= 11 is 1.51. The Hall–Kier alpha value is -2.86. The summed E-state index contributed by atoms with van der Waals surface area (Å²) < 4.78 is 40.8. The van der Waals surface area contributed by atoms with Crippen LogP contribution in [-0.4, -0.2) is 33.0 Å².